The number of likely N-dealkylation sites (N-methyl/N-ethyl adjacent to an activating group) is 1. The van der Waals surface area contributed by atoms with Gasteiger partial charge >= 0.3 is 0 Å². The maximum absolute atomic E-state index is 10.6. The molecule has 0 aliphatic carbocycles. The van der Waals surface area contributed by atoms with Crippen molar-refractivity contribution in [1.82, 2.24) is 0 Å². The molecule has 0 radical (unpaired) electrons. The lowest BCUT2D eigenvalue weighted by Gasteiger charge is -2.31. The zero-order chi connectivity index (χ0) is 13.9. The highest BCUT2D eigenvalue weighted by atomic mass is 35.5. The molecule has 0 aliphatic heterocycles. The lowest BCUT2D eigenvalue weighted by atomic mass is 9.95. The highest BCUT2D eigenvalue weighted by molar-refractivity contribution is 6.30. The van der Waals surface area contributed by atoms with Gasteiger partial charge in [-0.15, -0.1) is 0 Å². The Bertz CT molecular complexity index is 522. The molecular formula is C16H18ClNO. The largest absolute Gasteiger partial charge is 0.384 e. The van der Waals surface area contributed by atoms with Gasteiger partial charge in [0.1, 0.15) is 5.60 Å². The summed E-state index contributed by atoms with van der Waals surface area (Å²) in [4.78, 5) is 2.04. The minimum Gasteiger partial charge on any atom is -0.384 e. The molecule has 2 rings (SSSR count). The van der Waals surface area contributed by atoms with E-state index in [9.17, 15) is 5.11 Å². The summed E-state index contributed by atoms with van der Waals surface area (Å²) in [6.07, 6.45) is 0. The van der Waals surface area contributed by atoms with Gasteiger partial charge in [-0.1, -0.05) is 41.9 Å². The molecule has 100 valence electrons. The van der Waals surface area contributed by atoms with Gasteiger partial charge in [0.25, 0.3) is 0 Å². The van der Waals surface area contributed by atoms with Crippen LogP contribution in [0, 0.1) is 0 Å². The predicted octanol–water partition coefficient (Wildman–Crippen LogP) is 3.68. The van der Waals surface area contributed by atoms with Crippen LogP contribution in [-0.4, -0.2) is 18.7 Å². The summed E-state index contributed by atoms with van der Waals surface area (Å²) in [6, 6.07) is 17.3. The fourth-order valence-electron chi connectivity index (χ4n) is 2.14. The van der Waals surface area contributed by atoms with E-state index in [1.165, 1.54) is 0 Å². The molecule has 19 heavy (non-hydrogen) atoms. The summed E-state index contributed by atoms with van der Waals surface area (Å²) in [6.45, 7) is 2.33. The molecular weight excluding hydrogens is 258 g/mol. The first-order valence-electron chi connectivity index (χ1n) is 6.24. The number of hydrogen-bond acceptors (Lipinski definition) is 2. The zero-order valence-electron chi connectivity index (χ0n) is 11.2. The fraction of sp³-hybridized carbons (Fsp3) is 0.250. The maximum Gasteiger partial charge on any atom is 0.104 e. The van der Waals surface area contributed by atoms with Crippen LogP contribution in [0.3, 0.4) is 0 Å². The highest BCUT2D eigenvalue weighted by Gasteiger charge is 2.25. The van der Waals surface area contributed by atoms with Crippen LogP contribution in [0.15, 0.2) is 54.6 Å². The molecule has 0 aliphatic rings. The van der Waals surface area contributed by atoms with Crippen LogP contribution < -0.4 is 4.90 Å². The van der Waals surface area contributed by atoms with E-state index in [2.05, 4.69) is 0 Å². The smallest absolute Gasteiger partial charge is 0.104 e. The molecule has 1 atom stereocenters. The van der Waals surface area contributed by atoms with Gasteiger partial charge in [0, 0.05) is 17.8 Å². The molecule has 0 bridgehead atoms. The average Bonchev–Trinajstić information content (AvgIpc) is 2.40. The molecule has 0 saturated heterocycles. The SMILES string of the molecule is CN(CC(C)(O)c1ccc(Cl)cc1)c1ccccc1. The van der Waals surface area contributed by atoms with Gasteiger partial charge in [0.15, 0.2) is 0 Å². The second kappa shape index (κ2) is 5.64. The van der Waals surface area contributed by atoms with Crippen molar-refractivity contribution in [1.29, 1.82) is 0 Å². The number of rotatable bonds is 4. The molecule has 0 fully saturated rings. The van der Waals surface area contributed by atoms with E-state index >= 15 is 0 Å². The van der Waals surface area contributed by atoms with Crippen molar-refractivity contribution in [3.63, 3.8) is 0 Å². The van der Waals surface area contributed by atoms with Gasteiger partial charge < -0.3 is 10.0 Å². The van der Waals surface area contributed by atoms with Crippen LogP contribution in [-0.2, 0) is 5.60 Å². The Balaban J connectivity index is 2.15. The van der Waals surface area contributed by atoms with Crippen molar-refractivity contribution in [2.45, 2.75) is 12.5 Å². The Kier molecular flexibility index (Phi) is 4.13. The summed E-state index contributed by atoms with van der Waals surface area (Å²) in [5.74, 6) is 0. The summed E-state index contributed by atoms with van der Waals surface area (Å²) in [5.41, 5.74) is 1.02. The molecule has 3 heteroatoms. The maximum atomic E-state index is 10.6. The van der Waals surface area contributed by atoms with Crippen molar-refractivity contribution >= 4 is 17.3 Å². The minimum atomic E-state index is -0.921. The van der Waals surface area contributed by atoms with Crippen LogP contribution >= 0.6 is 11.6 Å². The molecule has 0 heterocycles. The van der Waals surface area contributed by atoms with E-state index < -0.39 is 5.60 Å². The lowest BCUT2D eigenvalue weighted by molar-refractivity contribution is 0.0656. The lowest BCUT2D eigenvalue weighted by Crippen LogP contribution is -2.36. The van der Waals surface area contributed by atoms with Gasteiger partial charge in [0.05, 0.1) is 6.54 Å². The molecule has 2 aromatic rings. The summed E-state index contributed by atoms with van der Waals surface area (Å²) in [7, 11) is 1.97. The number of aliphatic hydroxyl groups is 1. The molecule has 1 N–H and O–H groups in total. The molecule has 0 amide bonds. The Hall–Kier alpha value is -1.51. The second-order valence-electron chi connectivity index (χ2n) is 4.97. The van der Waals surface area contributed by atoms with Crippen LogP contribution in [0.4, 0.5) is 5.69 Å². The highest BCUT2D eigenvalue weighted by Crippen LogP contribution is 2.25. The average molecular weight is 276 g/mol. The summed E-state index contributed by atoms with van der Waals surface area (Å²) < 4.78 is 0. The van der Waals surface area contributed by atoms with Crippen molar-refractivity contribution in [2.75, 3.05) is 18.5 Å². The number of halogens is 1. The van der Waals surface area contributed by atoms with Crippen LogP contribution in [0.2, 0.25) is 5.02 Å². The Morgan fingerprint density at radius 2 is 1.63 bits per heavy atom. The number of hydrogen-bond donors (Lipinski definition) is 1. The topological polar surface area (TPSA) is 23.5 Å². The molecule has 2 aromatic carbocycles. The van der Waals surface area contributed by atoms with E-state index in [-0.39, 0.29) is 0 Å². The fourth-order valence-corrected chi connectivity index (χ4v) is 2.26. The Morgan fingerprint density at radius 1 is 1.05 bits per heavy atom. The number of anilines is 1. The number of para-hydroxylation sites is 1. The summed E-state index contributed by atoms with van der Waals surface area (Å²) >= 11 is 5.87. The van der Waals surface area contributed by atoms with Crippen LogP contribution in [0.1, 0.15) is 12.5 Å². The standard InChI is InChI=1S/C16H18ClNO/c1-16(19,13-8-10-14(17)11-9-13)12-18(2)15-6-4-3-5-7-15/h3-11,19H,12H2,1-2H3. The Labute approximate surface area is 119 Å². The van der Waals surface area contributed by atoms with E-state index in [1.807, 2.05) is 61.3 Å². The van der Waals surface area contributed by atoms with E-state index in [1.54, 1.807) is 12.1 Å². The van der Waals surface area contributed by atoms with Crippen LogP contribution in [0.5, 0.6) is 0 Å². The molecule has 0 aromatic heterocycles. The third-order valence-corrected chi connectivity index (χ3v) is 3.46. The first-order chi connectivity index (χ1) is 8.99. The van der Waals surface area contributed by atoms with Crippen molar-refractivity contribution in [3.8, 4) is 0 Å². The Morgan fingerprint density at radius 3 is 2.21 bits per heavy atom. The minimum absolute atomic E-state index is 0.513. The molecule has 0 spiro atoms. The van der Waals surface area contributed by atoms with Gasteiger partial charge in [-0.25, -0.2) is 0 Å². The van der Waals surface area contributed by atoms with Crippen molar-refractivity contribution in [2.24, 2.45) is 0 Å². The van der Waals surface area contributed by atoms with Gasteiger partial charge in [0.2, 0.25) is 0 Å². The van der Waals surface area contributed by atoms with Crippen molar-refractivity contribution < 1.29 is 5.11 Å². The van der Waals surface area contributed by atoms with E-state index in [0.717, 1.165) is 11.3 Å². The summed E-state index contributed by atoms with van der Waals surface area (Å²) in [5, 5.41) is 11.3. The van der Waals surface area contributed by atoms with E-state index in [4.69, 9.17) is 11.6 Å². The first-order valence-corrected chi connectivity index (χ1v) is 6.61. The normalized spacial score (nSPS) is 13.9. The van der Waals surface area contributed by atoms with Gasteiger partial charge in [-0.3, -0.25) is 0 Å². The monoisotopic (exact) mass is 275 g/mol. The third-order valence-electron chi connectivity index (χ3n) is 3.21. The molecule has 0 saturated carbocycles. The number of nitrogens with zero attached hydrogens (tertiary/aromatic N) is 1. The van der Waals surface area contributed by atoms with Crippen LogP contribution in [0.25, 0.3) is 0 Å². The quantitative estimate of drug-likeness (QED) is 0.920. The number of benzene rings is 2. The third kappa shape index (κ3) is 3.49. The van der Waals surface area contributed by atoms with E-state index in [0.29, 0.717) is 11.6 Å². The zero-order valence-corrected chi connectivity index (χ0v) is 11.9. The first kappa shape index (κ1) is 13.9. The second-order valence-corrected chi connectivity index (χ2v) is 5.41. The predicted molar refractivity (Wildman–Crippen MR) is 80.7 cm³/mol. The van der Waals surface area contributed by atoms with Crippen molar-refractivity contribution in [3.05, 3.63) is 65.2 Å². The molecule has 2 nitrogen and oxygen atoms in total. The molecule has 1 unspecified atom stereocenters. The van der Waals surface area contributed by atoms with Gasteiger partial charge in [-0.05, 0) is 36.8 Å². The van der Waals surface area contributed by atoms with Gasteiger partial charge in [-0.2, -0.15) is 0 Å².